The van der Waals surface area contributed by atoms with Crippen molar-refractivity contribution in [3.63, 3.8) is 0 Å². The van der Waals surface area contributed by atoms with Gasteiger partial charge in [0.2, 0.25) is 0 Å². The average molecular weight is 246 g/mol. The number of allylic oxidation sites excluding steroid dienone is 1. The summed E-state index contributed by atoms with van der Waals surface area (Å²) in [6.45, 7) is 5.79. The van der Waals surface area contributed by atoms with Gasteiger partial charge in [0, 0.05) is 10.9 Å². The van der Waals surface area contributed by atoms with Gasteiger partial charge in [0.05, 0.1) is 0 Å². The molecule has 0 bridgehead atoms. The van der Waals surface area contributed by atoms with E-state index >= 15 is 0 Å². The van der Waals surface area contributed by atoms with Crippen LogP contribution in [0.5, 0.6) is 0 Å². The van der Waals surface area contributed by atoms with E-state index in [1.165, 1.54) is 5.57 Å². The molecule has 1 unspecified atom stereocenters. The van der Waals surface area contributed by atoms with Crippen LogP contribution in [0.15, 0.2) is 12.2 Å². The quantitative estimate of drug-likeness (QED) is 0.329. The zero-order chi connectivity index (χ0) is 5.86. The van der Waals surface area contributed by atoms with E-state index in [2.05, 4.69) is 40.9 Å². The van der Waals surface area contributed by atoms with Crippen LogP contribution in [-0.2, 0) is 0 Å². The van der Waals surface area contributed by atoms with Crippen molar-refractivity contribution in [2.75, 3.05) is 6.16 Å². The summed E-state index contributed by atoms with van der Waals surface area (Å²) in [6.07, 6.45) is 1.08. The van der Waals surface area contributed by atoms with Gasteiger partial charge in [0.25, 0.3) is 0 Å². The van der Waals surface area contributed by atoms with Crippen molar-refractivity contribution in [1.82, 2.24) is 0 Å². The van der Waals surface area contributed by atoms with Crippen molar-refractivity contribution in [2.24, 2.45) is 0 Å². The Bertz CT molecular complexity index is 72.1. The zero-order valence-corrected chi connectivity index (χ0v) is 8.13. The van der Waals surface area contributed by atoms with E-state index < -0.39 is 0 Å². The van der Waals surface area contributed by atoms with Crippen LogP contribution in [0.4, 0.5) is 0 Å². The topological polar surface area (TPSA) is 0 Å². The third-order valence-corrected chi connectivity index (χ3v) is 2.65. The minimum Gasteiger partial charge on any atom is -0.140 e. The van der Waals surface area contributed by atoms with Crippen LogP contribution in [0.3, 0.4) is 0 Å². The molecule has 0 heterocycles. The lowest BCUT2D eigenvalue weighted by Crippen LogP contribution is -1.71. The summed E-state index contributed by atoms with van der Waals surface area (Å²) in [5.74, 6) is 0. The second-order valence-corrected chi connectivity index (χ2v) is 9.67. The van der Waals surface area contributed by atoms with Gasteiger partial charge in [-0.15, -0.1) is 12.2 Å². The fourth-order valence-electron chi connectivity index (χ4n) is 0.223. The van der Waals surface area contributed by atoms with Crippen molar-refractivity contribution in [3.8, 4) is 0 Å². The Labute approximate surface area is 64.2 Å². The molecule has 0 fully saturated rings. The molecule has 0 aliphatic rings. The standard InChI is InChI=1S/C4H8IPS/c1-4(2)3-6(5)7/h7H,1,3H2,2H3. The SMILES string of the molecule is C=C(C)CP(S)I. The van der Waals surface area contributed by atoms with Gasteiger partial charge in [-0.1, -0.05) is 12.2 Å². The molecular weight excluding hydrogens is 238 g/mol. The van der Waals surface area contributed by atoms with Crippen LogP contribution in [0.1, 0.15) is 6.92 Å². The minimum absolute atomic E-state index is 0.0750. The molecule has 3 heteroatoms. The maximum Gasteiger partial charge on any atom is 0.0193 e. The largest absolute Gasteiger partial charge is 0.140 e. The molecule has 42 valence electrons. The fraction of sp³-hybridized carbons (Fsp3) is 0.500. The first-order chi connectivity index (χ1) is 3.13. The second-order valence-electron chi connectivity index (χ2n) is 1.45. The Hall–Kier alpha value is 1.25. The summed E-state index contributed by atoms with van der Waals surface area (Å²) >= 11 is 6.55. The third-order valence-electron chi connectivity index (χ3n) is 0.400. The van der Waals surface area contributed by atoms with Crippen molar-refractivity contribution >= 4 is 39.1 Å². The van der Waals surface area contributed by atoms with E-state index in [4.69, 9.17) is 0 Å². The first-order valence-corrected chi connectivity index (χ1v) is 7.36. The van der Waals surface area contributed by atoms with Gasteiger partial charge in [-0.2, -0.15) is 0 Å². The van der Waals surface area contributed by atoms with Gasteiger partial charge in [-0.25, -0.2) is 0 Å². The second kappa shape index (κ2) is 4.16. The first-order valence-electron chi connectivity index (χ1n) is 1.89. The zero-order valence-electron chi connectivity index (χ0n) is 4.19. The van der Waals surface area contributed by atoms with E-state index in [1.807, 2.05) is 6.92 Å². The number of hydrogen-bond acceptors (Lipinski definition) is 1. The van der Waals surface area contributed by atoms with Gasteiger partial charge in [0.15, 0.2) is 0 Å². The number of hydrogen-bond donors (Lipinski definition) is 1. The monoisotopic (exact) mass is 246 g/mol. The van der Waals surface area contributed by atoms with Crippen LogP contribution in [0, 0.1) is 0 Å². The van der Waals surface area contributed by atoms with Crippen LogP contribution < -0.4 is 0 Å². The van der Waals surface area contributed by atoms with Crippen molar-refractivity contribution in [3.05, 3.63) is 12.2 Å². The Morgan fingerprint density at radius 1 is 2.00 bits per heavy atom. The molecule has 0 aromatic rings. The Morgan fingerprint density at radius 2 is 2.43 bits per heavy atom. The molecule has 0 nitrogen and oxygen atoms in total. The maximum atomic E-state index is 4.23. The molecule has 0 rings (SSSR count). The van der Waals surface area contributed by atoms with Crippen LogP contribution >= 0.6 is 39.1 Å². The lowest BCUT2D eigenvalue weighted by molar-refractivity contribution is 1.44. The summed E-state index contributed by atoms with van der Waals surface area (Å²) in [4.78, 5) is 0. The van der Waals surface area contributed by atoms with Crippen molar-refractivity contribution in [1.29, 1.82) is 0 Å². The van der Waals surface area contributed by atoms with Gasteiger partial charge in [-0.05, 0) is 29.0 Å². The molecule has 0 aromatic carbocycles. The molecule has 1 atom stereocenters. The molecule has 0 amide bonds. The highest BCUT2D eigenvalue weighted by Gasteiger charge is 1.92. The van der Waals surface area contributed by atoms with E-state index in [0.717, 1.165) is 6.16 Å². The smallest absolute Gasteiger partial charge is 0.0193 e. The number of thiol groups is 1. The molecule has 7 heavy (non-hydrogen) atoms. The van der Waals surface area contributed by atoms with Crippen LogP contribution in [-0.4, -0.2) is 6.16 Å². The van der Waals surface area contributed by atoms with Gasteiger partial charge < -0.3 is 0 Å². The van der Waals surface area contributed by atoms with Crippen LogP contribution in [0.2, 0.25) is 0 Å². The van der Waals surface area contributed by atoms with E-state index in [1.54, 1.807) is 0 Å². The van der Waals surface area contributed by atoms with E-state index in [9.17, 15) is 0 Å². The molecule has 0 aliphatic carbocycles. The first kappa shape index (κ1) is 8.25. The number of halogens is 1. The summed E-state index contributed by atoms with van der Waals surface area (Å²) in [5.41, 5.74) is 1.23. The Kier molecular flexibility index (Phi) is 4.90. The van der Waals surface area contributed by atoms with Gasteiger partial charge >= 0.3 is 0 Å². The summed E-state index contributed by atoms with van der Waals surface area (Å²) in [5, 5.41) is 0. The number of rotatable bonds is 2. The Morgan fingerprint density at radius 3 is 2.43 bits per heavy atom. The maximum absolute atomic E-state index is 4.23. The average Bonchev–Trinajstić information content (AvgIpc) is 1.27. The lowest BCUT2D eigenvalue weighted by Gasteiger charge is -1.97. The molecule has 0 spiro atoms. The Balaban J connectivity index is 3.13. The van der Waals surface area contributed by atoms with Gasteiger partial charge in [0.1, 0.15) is 0 Å². The predicted octanol–water partition coefficient (Wildman–Crippen LogP) is 3.24. The molecule has 0 aromatic heterocycles. The fourth-order valence-corrected chi connectivity index (χ4v) is 3.14. The molecular formula is C4H8IPS. The molecule has 0 N–H and O–H groups in total. The summed E-state index contributed by atoms with van der Waals surface area (Å²) < 4.78 is -0.0750. The summed E-state index contributed by atoms with van der Waals surface area (Å²) in [6, 6.07) is 0. The van der Waals surface area contributed by atoms with Crippen molar-refractivity contribution < 1.29 is 0 Å². The highest BCUT2D eigenvalue weighted by molar-refractivity contribution is 14.2. The highest BCUT2D eigenvalue weighted by atomic mass is 127. The van der Waals surface area contributed by atoms with Crippen molar-refractivity contribution in [2.45, 2.75) is 6.92 Å². The molecule has 0 saturated carbocycles. The van der Waals surface area contributed by atoms with Crippen LogP contribution in [0.25, 0.3) is 0 Å². The third kappa shape index (κ3) is 7.25. The lowest BCUT2D eigenvalue weighted by atomic mass is 10.4. The predicted molar refractivity (Wildman–Crippen MR) is 49.6 cm³/mol. The molecule has 0 aliphatic heterocycles. The van der Waals surface area contributed by atoms with Gasteiger partial charge in [-0.3, -0.25) is 0 Å². The molecule has 0 saturated heterocycles. The summed E-state index contributed by atoms with van der Waals surface area (Å²) in [7, 11) is 0. The molecule has 0 radical (unpaired) electrons. The van der Waals surface area contributed by atoms with E-state index in [-0.39, 0.29) is 4.77 Å². The minimum atomic E-state index is -0.0750. The van der Waals surface area contributed by atoms with E-state index in [0.29, 0.717) is 0 Å². The highest BCUT2D eigenvalue weighted by Crippen LogP contribution is 2.50. The normalized spacial score (nSPS) is 13.6.